The zero-order valence-electron chi connectivity index (χ0n) is 15.0. The predicted octanol–water partition coefficient (Wildman–Crippen LogP) is 4.98. The van der Waals surface area contributed by atoms with E-state index in [1.165, 1.54) is 83.7 Å². The van der Waals surface area contributed by atoms with Crippen LogP contribution in [0.2, 0.25) is 0 Å². The summed E-state index contributed by atoms with van der Waals surface area (Å²) in [5.74, 6) is 0. The molecule has 2 unspecified atom stereocenters. The molecule has 0 amide bonds. The van der Waals surface area contributed by atoms with E-state index in [9.17, 15) is 0 Å². The predicted molar refractivity (Wildman–Crippen MR) is 95.0 cm³/mol. The molecule has 0 aliphatic carbocycles. The normalized spacial score (nSPS) is 21.6. The fourth-order valence-corrected chi connectivity index (χ4v) is 3.77. The van der Waals surface area contributed by atoms with Crippen LogP contribution >= 0.6 is 0 Å². The monoisotopic (exact) mass is 296 g/mol. The van der Waals surface area contributed by atoms with Gasteiger partial charge in [-0.05, 0) is 45.8 Å². The number of unbranched alkanes of at least 4 members (excludes halogenated alkanes) is 7. The van der Waals surface area contributed by atoms with Gasteiger partial charge in [-0.2, -0.15) is 0 Å². The van der Waals surface area contributed by atoms with Crippen LogP contribution in [0.1, 0.15) is 91.4 Å². The summed E-state index contributed by atoms with van der Waals surface area (Å²) in [5.41, 5.74) is 0. The van der Waals surface area contributed by atoms with Crippen molar-refractivity contribution < 1.29 is 0 Å². The number of hydrogen-bond donors (Lipinski definition) is 1. The summed E-state index contributed by atoms with van der Waals surface area (Å²) in [4.78, 5) is 2.77. The molecule has 1 aliphatic heterocycles. The second kappa shape index (κ2) is 12.5. The summed E-state index contributed by atoms with van der Waals surface area (Å²) >= 11 is 0. The Labute approximate surface area is 134 Å². The molecule has 0 aromatic rings. The molecule has 2 heteroatoms. The fourth-order valence-electron chi connectivity index (χ4n) is 3.77. The fraction of sp³-hybridized carbons (Fsp3) is 1.00. The Morgan fingerprint density at radius 3 is 2.29 bits per heavy atom. The average Bonchev–Trinajstić information content (AvgIpc) is 2.50. The molecule has 21 heavy (non-hydrogen) atoms. The number of nitrogens with one attached hydrogen (secondary N) is 1. The van der Waals surface area contributed by atoms with Crippen LogP contribution in [-0.4, -0.2) is 36.6 Å². The first-order chi connectivity index (χ1) is 10.3. The molecule has 2 atom stereocenters. The molecule has 0 bridgehead atoms. The summed E-state index contributed by atoms with van der Waals surface area (Å²) in [6.45, 7) is 10.7. The lowest BCUT2D eigenvalue weighted by molar-refractivity contribution is 0.117. The number of nitrogens with zero attached hydrogens (tertiary/aromatic N) is 1. The van der Waals surface area contributed by atoms with Crippen molar-refractivity contribution in [3.63, 3.8) is 0 Å². The van der Waals surface area contributed by atoms with Gasteiger partial charge in [-0.3, -0.25) is 4.90 Å². The van der Waals surface area contributed by atoms with E-state index in [0.29, 0.717) is 6.04 Å². The lowest BCUT2D eigenvalue weighted by Crippen LogP contribution is -2.51. The number of piperidine rings is 1. The van der Waals surface area contributed by atoms with Gasteiger partial charge in [0.05, 0.1) is 0 Å². The first kappa shape index (κ1) is 19.0. The highest BCUT2D eigenvalue weighted by molar-refractivity contribution is 4.84. The highest BCUT2D eigenvalue weighted by Crippen LogP contribution is 2.20. The Morgan fingerprint density at radius 1 is 0.952 bits per heavy atom. The van der Waals surface area contributed by atoms with Crippen LogP contribution < -0.4 is 5.32 Å². The zero-order chi connectivity index (χ0) is 15.3. The van der Waals surface area contributed by atoms with E-state index < -0.39 is 0 Å². The maximum Gasteiger partial charge on any atom is 0.0246 e. The van der Waals surface area contributed by atoms with E-state index >= 15 is 0 Å². The van der Waals surface area contributed by atoms with Gasteiger partial charge < -0.3 is 5.32 Å². The van der Waals surface area contributed by atoms with Gasteiger partial charge in [0.25, 0.3) is 0 Å². The minimum atomic E-state index is 0.657. The van der Waals surface area contributed by atoms with Crippen LogP contribution in [-0.2, 0) is 0 Å². The van der Waals surface area contributed by atoms with E-state index in [1.54, 1.807) is 0 Å². The first-order valence-electron chi connectivity index (χ1n) is 9.77. The molecule has 2 nitrogen and oxygen atoms in total. The molecule has 1 fully saturated rings. The highest BCUT2D eigenvalue weighted by Gasteiger charge is 2.26. The smallest absolute Gasteiger partial charge is 0.0246 e. The van der Waals surface area contributed by atoms with Crippen LogP contribution in [0.5, 0.6) is 0 Å². The Kier molecular flexibility index (Phi) is 11.3. The lowest BCUT2D eigenvalue weighted by Gasteiger charge is -2.39. The number of rotatable bonds is 12. The standard InChI is InChI=1S/C19H40N2/c1-4-6-7-8-9-10-11-13-16-21-17-14-12-15-19(21)18(3)20-5-2/h18-20H,4-17H2,1-3H3. The van der Waals surface area contributed by atoms with E-state index in [1.807, 2.05) is 0 Å². The van der Waals surface area contributed by atoms with E-state index in [-0.39, 0.29) is 0 Å². The summed E-state index contributed by atoms with van der Waals surface area (Å²) in [5, 5.41) is 3.63. The van der Waals surface area contributed by atoms with Gasteiger partial charge >= 0.3 is 0 Å². The molecule has 0 spiro atoms. The van der Waals surface area contributed by atoms with Crippen molar-refractivity contribution in [3.05, 3.63) is 0 Å². The quantitative estimate of drug-likeness (QED) is 0.511. The Hall–Kier alpha value is -0.0800. The van der Waals surface area contributed by atoms with Crippen LogP contribution in [0.3, 0.4) is 0 Å². The van der Waals surface area contributed by atoms with Crippen molar-refractivity contribution in [2.45, 2.75) is 103 Å². The topological polar surface area (TPSA) is 15.3 Å². The lowest BCUT2D eigenvalue weighted by atomic mass is 9.96. The van der Waals surface area contributed by atoms with Crippen LogP contribution in [0.25, 0.3) is 0 Å². The molecule has 0 saturated carbocycles. The Morgan fingerprint density at radius 2 is 1.62 bits per heavy atom. The largest absolute Gasteiger partial charge is 0.313 e. The second-order valence-electron chi connectivity index (χ2n) is 6.92. The Bertz CT molecular complexity index is 230. The zero-order valence-corrected chi connectivity index (χ0v) is 15.0. The maximum absolute atomic E-state index is 3.63. The van der Waals surface area contributed by atoms with Crippen molar-refractivity contribution in [3.8, 4) is 0 Å². The van der Waals surface area contributed by atoms with Gasteiger partial charge in [0.2, 0.25) is 0 Å². The van der Waals surface area contributed by atoms with Gasteiger partial charge in [-0.25, -0.2) is 0 Å². The van der Waals surface area contributed by atoms with Gasteiger partial charge in [0.15, 0.2) is 0 Å². The molecular formula is C19H40N2. The van der Waals surface area contributed by atoms with Crippen LogP contribution in [0, 0.1) is 0 Å². The molecule has 1 heterocycles. The first-order valence-corrected chi connectivity index (χ1v) is 9.77. The number of likely N-dealkylation sites (N-methyl/N-ethyl adjacent to an activating group) is 1. The van der Waals surface area contributed by atoms with Gasteiger partial charge in [0.1, 0.15) is 0 Å². The maximum atomic E-state index is 3.63. The molecule has 0 radical (unpaired) electrons. The molecule has 0 aromatic carbocycles. The molecule has 1 rings (SSSR count). The van der Waals surface area contributed by atoms with Crippen LogP contribution in [0.4, 0.5) is 0 Å². The van der Waals surface area contributed by atoms with Crippen molar-refractivity contribution >= 4 is 0 Å². The van der Waals surface area contributed by atoms with Crippen molar-refractivity contribution in [2.75, 3.05) is 19.6 Å². The SMILES string of the molecule is CCCCCCCCCCN1CCCCC1C(C)NCC. The molecule has 1 N–H and O–H groups in total. The van der Waals surface area contributed by atoms with Crippen LogP contribution in [0.15, 0.2) is 0 Å². The number of hydrogen-bond acceptors (Lipinski definition) is 2. The van der Waals surface area contributed by atoms with Crippen molar-refractivity contribution in [1.82, 2.24) is 10.2 Å². The van der Waals surface area contributed by atoms with Crippen molar-refractivity contribution in [1.29, 1.82) is 0 Å². The van der Waals surface area contributed by atoms with E-state index in [2.05, 4.69) is 31.0 Å². The minimum absolute atomic E-state index is 0.657. The third-order valence-corrected chi connectivity index (χ3v) is 5.07. The molecule has 0 aromatic heterocycles. The van der Waals surface area contributed by atoms with E-state index in [4.69, 9.17) is 0 Å². The van der Waals surface area contributed by atoms with Gasteiger partial charge in [-0.15, -0.1) is 0 Å². The summed E-state index contributed by atoms with van der Waals surface area (Å²) in [6.07, 6.45) is 15.7. The van der Waals surface area contributed by atoms with Gasteiger partial charge in [-0.1, -0.05) is 65.2 Å². The van der Waals surface area contributed by atoms with Crippen molar-refractivity contribution in [2.24, 2.45) is 0 Å². The Balaban J connectivity index is 2.10. The number of likely N-dealkylation sites (tertiary alicyclic amines) is 1. The third-order valence-electron chi connectivity index (χ3n) is 5.07. The minimum Gasteiger partial charge on any atom is -0.313 e. The average molecular weight is 297 g/mol. The third kappa shape index (κ3) is 8.21. The molecule has 126 valence electrons. The molecular weight excluding hydrogens is 256 g/mol. The van der Waals surface area contributed by atoms with Gasteiger partial charge in [0, 0.05) is 12.1 Å². The highest BCUT2D eigenvalue weighted by atomic mass is 15.2. The molecule has 1 saturated heterocycles. The van der Waals surface area contributed by atoms with E-state index in [0.717, 1.165) is 12.6 Å². The second-order valence-corrected chi connectivity index (χ2v) is 6.92. The summed E-state index contributed by atoms with van der Waals surface area (Å²) < 4.78 is 0. The summed E-state index contributed by atoms with van der Waals surface area (Å²) in [6, 6.07) is 1.44. The summed E-state index contributed by atoms with van der Waals surface area (Å²) in [7, 11) is 0. The molecule has 1 aliphatic rings.